The number of fused-ring (bicyclic) bond motifs is 3. The number of hydrogen-bond donors (Lipinski definition) is 1. The maximum absolute atomic E-state index is 11.4. The Labute approximate surface area is 232 Å². The first-order valence-electron chi connectivity index (χ1n) is 13.8. The summed E-state index contributed by atoms with van der Waals surface area (Å²) in [6.45, 7) is 11.4. The van der Waals surface area contributed by atoms with E-state index in [1.165, 1.54) is 5.56 Å². The Balaban J connectivity index is 1.26. The van der Waals surface area contributed by atoms with Crippen LogP contribution in [0.5, 0.6) is 5.75 Å². The van der Waals surface area contributed by atoms with Crippen LogP contribution in [0.2, 0.25) is 25.7 Å². The highest BCUT2D eigenvalue weighted by molar-refractivity contribution is 6.76. The lowest BCUT2D eigenvalue weighted by Crippen LogP contribution is -2.49. The van der Waals surface area contributed by atoms with E-state index in [-0.39, 0.29) is 6.04 Å². The van der Waals surface area contributed by atoms with Crippen molar-refractivity contribution in [3.05, 3.63) is 54.4 Å². The molecule has 1 N–H and O–H groups in total. The summed E-state index contributed by atoms with van der Waals surface area (Å²) in [5.41, 5.74) is 6.73. The van der Waals surface area contributed by atoms with Crippen LogP contribution in [0.25, 0.3) is 22.3 Å². The molecule has 39 heavy (non-hydrogen) atoms. The SMILES string of the molecule is C[C@@H]1C[C@H](N(C)c2ccc3c(c2)OCc2cc(-c4cnn(COCC[Si](C)(C)C)c4)ccc2-3)CCN1C(=O)O. The molecule has 1 fully saturated rings. The highest BCUT2D eigenvalue weighted by atomic mass is 28.3. The topological polar surface area (TPSA) is 80.1 Å². The lowest BCUT2D eigenvalue weighted by Gasteiger charge is -2.40. The minimum atomic E-state index is -1.10. The summed E-state index contributed by atoms with van der Waals surface area (Å²) < 4.78 is 13.9. The number of piperidine rings is 1. The van der Waals surface area contributed by atoms with Gasteiger partial charge in [0.1, 0.15) is 19.1 Å². The van der Waals surface area contributed by atoms with Gasteiger partial charge in [-0.25, -0.2) is 9.48 Å². The van der Waals surface area contributed by atoms with Gasteiger partial charge in [0.25, 0.3) is 0 Å². The van der Waals surface area contributed by atoms with Gasteiger partial charge < -0.3 is 24.4 Å². The summed E-state index contributed by atoms with van der Waals surface area (Å²) in [5, 5.41) is 13.9. The average molecular weight is 549 g/mol. The van der Waals surface area contributed by atoms with Crippen LogP contribution in [0.4, 0.5) is 10.5 Å². The van der Waals surface area contributed by atoms with Crippen LogP contribution in [0.1, 0.15) is 25.3 Å². The first kappa shape index (κ1) is 27.3. The van der Waals surface area contributed by atoms with Gasteiger partial charge in [0, 0.05) is 69.4 Å². The number of carboxylic acid groups (broad SMARTS) is 1. The summed E-state index contributed by atoms with van der Waals surface area (Å²) in [7, 11) is 0.997. The number of amides is 1. The fourth-order valence-electron chi connectivity index (χ4n) is 5.50. The second-order valence-electron chi connectivity index (χ2n) is 12.1. The smallest absolute Gasteiger partial charge is 0.407 e. The molecule has 2 aromatic carbocycles. The van der Waals surface area contributed by atoms with E-state index < -0.39 is 14.2 Å². The molecule has 0 radical (unpaired) electrons. The van der Waals surface area contributed by atoms with Crippen molar-refractivity contribution in [2.75, 3.05) is 25.1 Å². The van der Waals surface area contributed by atoms with Gasteiger partial charge in [-0.3, -0.25) is 0 Å². The van der Waals surface area contributed by atoms with Crippen LogP contribution >= 0.6 is 0 Å². The largest absolute Gasteiger partial charge is 0.488 e. The Morgan fingerprint density at radius 3 is 2.72 bits per heavy atom. The van der Waals surface area contributed by atoms with Crippen molar-refractivity contribution in [2.45, 2.75) is 70.9 Å². The highest BCUT2D eigenvalue weighted by Gasteiger charge is 2.31. The van der Waals surface area contributed by atoms with E-state index in [2.05, 4.69) is 73.1 Å². The number of ether oxygens (including phenoxy) is 2. The fourth-order valence-corrected chi connectivity index (χ4v) is 6.25. The number of benzene rings is 2. The lowest BCUT2D eigenvalue weighted by atomic mass is 9.93. The zero-order valence-corrected chi connectivity index (χ0v) is 24.7. The Kier molecular flexibility index (Phi) is 7.73. The zero-order chi connectivity index (χ0) is 27.7. The summed E-state index contributed by atoms with van der Waals surface area (Å²) in [6, 6.07) is 14.4. The molecule has 0 bridgehead atoms. The first-order chi connectivity index (χ1) is 18.6. The predicted molar refractivity (Wildman–Crippen MR) is 157 cm³/mol. The molecule has 2 aliphatic heterocycles. The predicted octanol–water partition coefficient (Wildman–Crippen LogP) is 6.39. The Morgan fingerprint density at radius 1 is 1.18 bits per heavy atom. The van der Waals surface area contributed by atoms with Crippen molar-refractivity contribution in [1.82, 2.24) is 14.7 Å². The zero-order valence-electron chi connectivity index (χ0n) is 23.7. The van der Waals surface area contributed by atoms with E-state index in [1.54, 1.807) is 4.90 Å². The van der Waals surface area contributed by atoms with Crippen molar-refractivity contribution >= 4 is 19.9 Å². The van der Waals surface area contributed by atoms with Gasteiger partial charge in [0.2, 0.25) is 0 Å². The molecule has 0 unspecified atom stereocenters. The fraction of sp³-hybridized carbons (Fsp3) is 0.467. The number of carbonyl (C=O) groups is 1. The number of anilines is 1. The van der Waals surface area contributed by atoms with Crippen LogP contribution < -0.4 is 9.64 Å². The molecule has 3 heterocycles. The van der Waals surface area contributed by atoms with Crippen LogP contribution in [-0.4, -0.2) is 66.2 Å². The summed E-state index contributed by atoms with van der Waals surface area (Å²) in [6.07, 6.45) is 4.73. The summed E-state index contributed by atoms with van der Waals surface area (Å²) >= 11 is 0. The van der Waals surface area contributed by atoms with Crippen LogP contribution in [-0.2, 0) is 18.1 Å². The van der Waals surface area contributed by atoms with Gasteiger partial charge in [-0.1, -0.05) is 31.8 Å². The molecule has 1 amide bonds. The monoisotopic (exact) mass is 548 g/mol. The molecule has 0 aliphatic carbocycles. The van der Waals surface area contributed by atoms with E-state index in [4.69, 9.17) is 9.47 Å². The third-order valence-electron chi connectivity index (χ3n) is 7.98. The molecule has 1 saturated heterocycles. The number of nitrogens with zero attached hydrogens (tertiary/aromatic N) is 4. The minimum Gasteiger partial charge on any atom is -0.488 e. The van der Waals surface area contributed by atoms with Gasteiger partial charge in [0.05, 0.1) is 6.20 Å². The van der Waals surface area contributed by atoms with Crippen LogP contribution in [0.3, 0.4) is 0 Å². The third-order valence-corrected chi connectivity index (χ3v) is 9.68. The first-order valence-corrected chi connectivity index (χ1v) is 17.5. The second kappa shape index (κ2) is 11.1. The molecule has 208 valence electrons. The van der Waals surface area contributed by atoms with Gasteiger partial charge in [0.15, 0.2) is 0 Å². The van der Waals surface area contributed by atoms with Crippen molar-refractivity contribution in [2.24, 2.45) is 0 Å². The van der Waals surface area contributed by atoms with Crippen LogP contribution in [0.15, 0.2) is 48.8 Å². The van der Waals surface area contributed by atoms with E-state index >= 15 is 0 Å². The summed E-state index contributed by atoms with van der Waals surface area (Å²) in [4.78, 5) is 15.2. The number of likely N-dealkylation sites (tertiary alicyclic amines) is 1. The molecule has 9 heteroatoms. The van der Waals surface area contributed by atoms with Gasteiger partial charge >= 0.3 is 6.09 Å². The summed E-state index contributed by atoms with van der Waals surface area (Å²) in [5.74, 6) is 0.888. The maximum Gasteiger partial charge on any atom is 0.407 e. The molecule has 2 aliphatic rings. The van der Waals surface area contributed by atoms with Gasteiger partial charge in [-0.2, -0.15) is 5.10 Å². The molecule has 2 atom stereocenters. The van der Waals surface area contributed by atoms with Gasteiger partial charge in [-0.05, 0) is 60.7 Å². The van der Waals surface area contributed by atoms with E-state index in [0.29, 0.717) is 25.9 Å². The Bertz CT molecular complexity index is 1330. The van der Waals surface area contributed by atoms with Crippen molar-refractivity contribution in [1.29, 1.82) is 0 Å². The molecular formula is C30H40N4O4Si. The van der Waals surface area contributed by atoms with E-state index in [9.17, 15) is 9.90 Å². The molecular weight excluding hydrogens is 508 g/mol. The normalized spacial score (nSPS) is 18.7. The molecule has 3 aromatic rings. The molecule has 0 spiro atoms. The van der Waals surface area contributed by atoms with Crippen molar-refractivity contribution < 1.29 is 19.4 Å². The molecule has 0 saturated carbocycles. The van der Waals surface area contributed by atoms with Crippen LogP contribution in [0, 0.1) is 0 Å². The third kappa shape index (κ3) is 6.14. The standard InChI is InChI=1S/C30H40N4O4Si/c1-21-14-26(10-11-34(21)30(35)36)32(2)25-7-9-28-27-8-6-22(15-23(27)19-38-29(28)16-25)24-17-31-33(18-24)20-37-12-13-39(3,4)5/h6-9,15-18,21,26H,10-14,19-20H2,1-5H3,(H,35,36)/t21-,26-/m1/s1. The van der Waals surface area contributed by atoms with Crippen molar-refractivity contribution in [3.8, 4) is 28.0 Å². The number of aromatic nitrogens is 2. The van der Waals surface area contributed by atoms with Crippen molar-refractivity contribution in [3.63, 3.8) is 0 Å². The Hall–Kier alpha value is -3.30. The number of hydrogen-bond acceptors (Lipinski definition) is 5. The maximum atomic E-state index is 11.4. The average Bonchev–Trinajstić information content (AvgIpc) is 3.38. The molecule has 1 aromatic heterocycles. The second-order valence-corrected chi connectivity index (χ2v) is 17.7. The van der Waals surface area contributed by atoms with E-state index in [0.717, 1.165) is 59.2 Å². The quantitative estimate of drug-likeness (QED) is 0.260. The Morgan fingerprint density at radius 2 is 1.97 bits per heavy atom. The highest BCUT2D eigenvalue weighted by Crippen LogP contribution is 2.41. The number of rotatable bonds is 8. The van der Waals surface area contributed by atoms with Gasteiger partial charge in [-0.15, -0.1) is 0 Å². The molecule has 5 rings (SSSR count). The van der Waals surface area contributed by atoms with E-state index in [1.807, 2.05) is 24.0 Å². The minimum absolute atomic E-state index is 0.00764. The lowest BCUT2D eigenvalue weighted by molar-refractivity contribution is 0.0786. The molecule has 8 nitrogen and oxygen atoms in total.